The van der Waals surface area contributed by atoms with E-state index in [4.69, 9.17) is 0 Å². The van der Waals surface area contributed by atoms with E-state index in [1.807, 2.05) is 0 Å². The van der Waals surface area contributed by atoms with Crippen LogP contribution in [-0.4, -0.2) is 24.3 Å². The molecule has 0 bridgehead atoms. The molecule has 0 unspecified atom stereocenters. The van der Waals surface area contributed by atoms with Gasteiger partial charge in [0.2, 0.25) is 5.96 Å². The molecule has 1 aliphatic rings. The highest BCUT2D eigenvalue weighted by atomic mass is 16.2. The molecule has 2 N–H and O–H groups in total. The molecule has 0 aliphatic carbocycles. The highest BCUT2D eigenvalue weighted by Gasteiger charge is 2.24. The van der Waals surface area contributed by atoms with Crippen molar-refractivity contribution in [2.24, 2.45) is 10.9 Å². The van der Waals surface area contributed by atoms with E-state index in [0.29, 0.717) is 12.5 Å². The molecule has 5 heteroatoms. The Labute approximate surface area is 102 Å². The summed E-state index contributed by atoms with van der Waals surface area (Å²) in [6.07, 6.45) is 5.91. The van der Waals surface area contributed by atoms with Crippen LogP contribution in [0.3, 0.4) is 0 Å². The Kier molecular flexibility index (Phi) is 5.66. The van der Waals surface area contributed by atoms with Gasteiger partial charge in [0.15, 0.2) is 0 Å². The molecule has 1 heterocycles. The highest BCUT2D eigenvalue weighted by molar-refractivity contribution is 6.45. The predicted molar refractivity (Wildman–Crippen MR) is 66.5 cm³/mol. The number of hydrogen-bond acceptors (Lipinski definition) is 3. The minimum Gasteiger partial charge on any atom is -0.288 e. The molecule has 2 amide bonds. The number of carbonyl (C=O) groups is 2. The van der Waals surface area contributed by atoms with E-state index < -0.39 is 11.8 Å². The van der Waals surface area contributed by atoms with Crippen molar-refractivity contribution in [1.29, 1.82) is 0 Å². The van der Waals surface area contributed by atoms with Gasteiger partial charge in [0, 0.05) is 6.54 Å². The van der Waals surface area contributed by atoms with Gasteiger partial charge < -0.3 is 0 Å². The Morgan fingerprint density at radius 3 is 2.18 bits per heavy atom. The van der Waals surface area contributed by atoms with Crippen molar-refractivity contribution >= 4 is 17.8 Å². The van der Waals surface area contributed by atoms with E-state index in [1.165, 1.54) is 19.3 Å². The Morgan fingerprint density at radius 1 is 1.00 bits per heavy atom. The molecule has 0 radical (unpaired) electrons. The van der Waals surface area contributed by atoms with Crippen LogP contribution >= 0.6 is 0 Å². The normalized spacial score (nSPS) is 15.1. The predicted octanol–water partition coefficient (Wildman–Crippen LogP) is 1.19. The summed E-state index contributed by atoms with van der Waals surface area (Å²) in [6.45, 7) is 5.12. The second-order valence-corrected chi connectivity index (χ2v) is 4.74. The zero-order valence-electron chi connectivity index (χ0n) is 10.6. The van der Waals surface area contributed by atoms with E-state index in [0.717, 1.165) is 18.8 Å². The maximum Gasteiger partial charge on any atom is 0.316 e. The maximum atomic E-state index is 10.8. The van der Waals surface area contributed by atoms with Crippen LogP contribution in [0, 0.1) is 5.92 Å². The van der Waals surface area contributed by atoms with Crippen molar-refractivity contribution in [2.45, 2.75) is 46.0 Å². The molecule has 1 aliphatic heterocycles. The number of carbonyl (C=O) groups excluding carboxylic acids is 2. The van der Waals surface area contributed by atoms with Gasteiger partial charge in [-0.25, -0.2) is 0 Å². The lowest BCUT2D eigenvalue weighted by Gasteiger charge is -2.03. The van der Waals surface area contributed by atoms with Gasteiger partial charge in [0.1, 0.15) is 0 Å². The molecule has 5 nitrogen and oxygen atoms in total. The Hall–Kier alpha value is -1.39. The van der Waals surface area contributed by atoms with Crippen molar-refractivity contribution in [3.8, 4) is 0 Å². The largest absolute Gasteiger partial charge is 0.316 e. The van der Waals surface area contributed by atoms with Crippen molar-refractivity contribution < 1.29 is 9.59 Å². The number of aliphatic imine (C=N–C) groups is 1. The lowest BCUT2D eigenvalue weighted by Crippen LogP contribution is -2.25. The SMILES string of the molecule is CC(C)CCCCCCN=C1NC(=O)C(=O)N1. The van der Waals surface area contributed by atoms with Gasteiger partial charge in [0.25, 0.3) is 0 Å². The van der Waals surface area contributed by atoms with Crippen molar-refractivity contribution in [3.05, 3.63) is 0 Å². The topological polar surface area (TPSA) is 70.6 Å². The summed E-state index contributed by atoms with van der Waals surface area (Å²) >= 11 is 0. The summed E-state index contributed by atoms with van der Waals surface area (Å²) in [5.74, 6) is -0.178. The molecule has 1 saturated heterocycles. The molecule has 0 aromatic heterocycles. The molecule has 96 valence electrons. The molecule has 0 aromatic rings. The van der Waals surface area contributed by atoms with Gasteiger partial charge in [-0.1, -0.05) is 39.5 Å². The summed E-state index contributed by atoms with van der Waals surface area (Å²) in [5, 5.41) is 4.74. The van der Waals surface area contributed by atoms with Crippen LogP contribution in [0.15, 0.2) is 4.99 Å². The lowest BCUT2D eigenvalue weighted by molar-refractivity contribution is -0.135. The van der Waals surface area contributed by atoms with Crippen LogP contribution in [0.4, 0.5) is 0 Å². The molecule has 0 atom stereocenters. The molecular formula is C12H21N3O2. The van der Waals surface area contributed by atoms with Crippen molar-refractivity contribution in [2.75, 3.05) is 6.54 Å². The number of nitrogens with one attached hydrogen (secondary N) is 2. The molecular weight excluding hydrogens is 218 g/mol. The minimum absolute atomic E-state index is 0.294. The minimum atomic E-state index is -0.624. The van der Waals surface area contributed by atoms with Crippen LogP contribution < -0.4 is 10.6 Å². The van der Waals surface area contributed by atoms with Gasteiger partial charge >= 0.3 is 11.8 Å². The number of hydrogen-bond donors (Lipinski definition) is 2. The summed E-state index contributed by atoms with van der Waals surface area (Å²) < 4.78 is 0. The molecule has 1 rings (SSSR count). The van der Waals surface area contributed by atoms with Gasteiger partial charge in [-0.05, 0) is 12.3 Å². The van der Waals surface area contributed by atoms with Crippen molar-refractivity contribution in [3.63, 3.8) is 0 Å². The Balaban J connectivity index is 2.03. The Bertz CT molecular complexity index is 293. The van der Waals surface area contributed by atoms with Crippen LogP contribution in [0.1, 0.15) is 46.0 Å². The first kappa shape index (κ1) is 13.7. The number of amides is 2. The molecule has 0 spiro atoms. The van der Waals surface area contributed by atoms with Gasteiger partial charge in [-0.3, -0.25) is 25.2 Å². The fraction of sp³-hybridized carbons (Fsp3) is 0.750. The fourth-order valence-electron chi connectivity index (χ4n) is 1.65. The molecule has 17 heavy (non-hydrogen) atoms. The quantitative estimate of drug-likeness (QED) is 0.517. The van der Waals surface area contributed by atoms with Crippen LogP contribution in [0.5, 0.6) is 0 Å². The van der Waals surface area contributed by atoms with E-state index in [2.05, 4.69) is 29.5 Å². The van der Waals surface area contributed by atoms with Crippen LogP contribution in [-0.2, 0) is 9.59 Å². The summed E-state index contributed by atoms with van der Waals surface area (Å²) in [6, 6.07) is 0. The summed E-state index contributed by atoms with van der Waals surface area (Å²) in [5.41, 5.74) is 0. The standard InChI is InChI=1S/C12H21N3O2/c1-9(2)7-5-3-4-6-8-13-12-14-10(16)11(17)15-12/h9H,3-8H2,1-2H3,(H2,13,14,15,16,17). The first-order chi connectivity index (χ1) is 8.09. The number of guanidine groups is 1. The third-order valence-corrected chi connectivity index (χ3v) is 2.63. The first-order valence-electron chi connectivity index (χ1n) is 6.26. The van der Waals surface area contributed by atoms with E-state index in [9.17, 15) is 9.59 Å². The van der Waals surface area contributed by atoms with E-state index in [-0.39, 0.29) is 0 Å². The smallest absolute Gasteiger partial charge is 0.288 e. The van der Waals surface area contributed by atoms with Crippen LogP contribution in [0.2, 0.25) is 0 Å². The zero-order chi connectivity index (χ0) is 12.7. The second kappa shape index (κ2) is 7.04. The maximum absolute atomic E-state index is 10.8. The lowest BCUT2D eigenvalue weighted by atomic mass is 10.0. The monoisotopic (exact) mass is 239 g/mol. The first-order valence-corrected chi connectivity index (χ1v) is 6.26. The summed E-state index contributed by atoms with van der Waals surface area (Å²) in [7, 11) is 0. The molecule has 1 fully saturated rings. The second-order valence-electron chi connectivity index (χ2n) is 4.74. The van der Waals surface area contributed by atoms with E-state index >= 15 is 0 Å². The zero-order valence-corrected chi connectivity index (χ0v) is 10.6. The average molecular weight is 239 g/mol. The van der Waals surface area contributed by atoms with Gasteiger partial charge in [0.05, 0.1) is 0 Å². The molecule has 0 aromatic carbocycles. The number of unbranched alkanes of at least 4 members (excludes halogenated alkanes) is 3. The Morgan fingerprint density at radius 2 is 1.59 bits per heavy atom. The van der Waals surface area contributed by atoms with Crippen LogP contribution in [0.25, 0.3) is 0 Å². The third-order valence-electron chi connectivity index (χ3n) is 2.63. The fourth-order valence-corrected chi connectivity index (χ4v) is 1.65. The summed E-state index contributed by atoms with van der Waals surface area (Å²) in [4.78, 5) is 25.7. The third kappa shape index (κ3) is 5.47. The van der Waals surface area contributed by atoms with E-state index in [1.54, 1.807) is 0 Å². The number of rotatable bonds is 7. The van der Waals surface area contributed by atoms with Crippen molar-refractivity contribution in [1.82, 2.24) is 10.6 Å². The van der Waals surface area contributed by atoms with Gasteiger partial charge in [-0.2, -0.15) is 0 Å². The molecule has 0 saturated carbocycles. The number of nitrogens with zero attached hydrogens (tertiary/aromatic N) is 1. The highest BCUT2D eigenvalue weighted by Crippen LogP contribution is 2.09. The van der Waals surface area contributed by atoms with Gasteiger partial charge in [-0.15, -0.1) is 0 Å². The average Bonchev–Trinajstić information content (AvgIpc) is 2.56.